The van der Waals surface area contributed by atoms with Crippen LogP contribution in [0.25, 0.3) is 0 Å². The fraction of sp³-hybridized carbons (Fsp3) is 0.571. The molecular weight excluding hydrogens is 314 g/mol. The predicted octanol–water partition coefficient (Wildman–Crippen LogP) is 2.35. The first kappa shape index (κ1) is 17.1. The molecule has 1 saturated heterocycles. The van der Waals surface area contributed by atoms with Crippen molar-refractivity contribution in [2.75, 3.05) is 13.1 Å². The third-order valence-electron chi connectivity index (χ3n) is 3.72. The summed E-state index contributed by atoms with van der Waals surface area (Å²) in [5.41, 5.74) is 0.372. The molecule has 124 valence electrons. The van der Waals surface area contributed by atoms with Crippen LogP contribution in [0.1, 0.15) is 25.3 Å². The molecule has 0 saturated carbocycles. The number of alkyl halides is 2. The molecule has 0 radical (unpaired) electrons. The summed E-state index contributed by atoms with van der Waals surface area (Å²) in [5.74, 6) is 0.499. The number of nitrogens with one attached hydrogen (secondary N) is 1. The number of ether oxygens (including phenoxy) is 1. The number of benzene rings is 1. The molecule has 0 bridgehead atoms. The van der Waals surface area contributed by atoms with Crippen molar-refractivity contribution in [1.29, 1.82) is 0 Å². The van der Waals surface area contributed by atoms with Crippen LogP contribution in [-0.2, 0) is 16.8 Å². The molecular formula is C14H20F2N2O3S. The predicted molar refractivity (Wildman–Crippen MR) is 78.8 cm³/mol. The quantitative estimate of drug-likeness (QED) is 0.869. The third kappa shape index (κ3) is 4.62. The highest BCUT2D eigenvalue weighted by Crippen LogP contribution is 2.21. The van der Waals surface area contributed by atoms with E-state index in [0.29, 0.717) is 24.6 Å². The molecule has 1 fully saturated rings. The van der Waals surface area contributed by atoms with Crippen LogP contribution in [0.3, 0.4) is 0 Å². The van der Waals surface area contributed by atoms with Crippen LogP contribution in [0.4, 0.5) is 8.78 Å². The summed E-state index contributed by atoms with van der Waals surface area (Å²) < 4.78 is 57.3. The summed E-state index contributed by atoms with van der Waals surface area (Å²) in [6.45, 7) is 0.0191. The van der Waals surface area contributed by atoms with Gasteiger partial charge in [0.05, 0.1) is 0 Å². The molecule has 1 aromatic rings. The first-order valence-corrected chi connectivity index (χ1v) is 8.60. The summed E-state index contributed by atoms with van der Waals surface area (Å²) in [7, 11) is -3.61. The van der Waals surface area contributed by atoms with E-state index in [4.69, 9.17) is 0 Å². The maximum Gasteiger partial charge on any atom is 0.387 e. The molecule has 2 rings (SSSR count). The van der Waals surface area contributed by atoms with E-state index in [2.05, 4.69) is 16.4 Å². The largest absolute Gasteiger partial charge is 0.434 e. The Hall–Kier alpha value is -1.25. The van der Waals surface area contributed by atoms with E-state index in [1.807, 2.05) is 0 Å². The normalized spacial score (nSPS) is 17.8. The van der Waals surface area contributed by atoms with Gasteiger partial charge in [0.1, 0.15) is 5.75 Å². The highest BCUT2D eigenvalue weighted by atomic mass is 32.2. The Morgan fingerprint density at radius 3 is 2.59 bits per heavy atom. The monoisotopic (exact) mass is 334 g/mol. The van der Waals surface area contributed by atoms with Crippen molar-refractivity contribution in [1.82, 2.24) is 9.03 Å². The smallest absolute Gasteiger partial charge is 0.387 e. The maximum atomic E-state index is 12.3. The number of hydrogen-bond acceptors (Lipinski definition) is 3. The summed E-state index contributed by atoms with van der Waals surface area (Å²) in [5, 5.41) is 0. The molecule has 0 spiro atoms. The zero-order valence-corrected chi connectivity index (χ0v) is 13.2. The Morgan fingerprint density at radius 2 is 1.95 bits per heavy atom. The Labute approximate surface area is 129 Å². The summed E-state index contributed by atoms with van der Waals surface area (Å²) in [6, 6.07) is 6.14. The van der Waals surface area contributed by atoms with Crippen molar-refractivity contribution >= 4 is 10.2 Å². The van der Waals surface area contributed by atoms with Crippen LogP contribution in [0.2, 0.25) is 0 Å². The summed E-state index contributed by atoms with van der Waals surface area (Å²) in [6.07, 6.45) is 1.65. The van der Waals surface area contributed by atoms with Crippen molar-refractivity contribution in [2.45, 2.75) is 32.9 Å². The molecule has 1 aliphatic rings. The first-order valence-electron chi connectivity index (χ1n) is 7.16. The van der Waals surface area contributed by atoms with Gasteiger partial charge in [0.25, 0.3) is 10.2 Å². The molecule has 1 N–H and O–H groups in total. The lowest BCUT2D eigenvalue weighted by Gasteiger charge is -2.29. The highest BCUT2D eigenvalue weighted by molar-refractivity contribution is 7.87. The number of halogens is 2. The van der Waals surface area contributed by atoms with Gasteiger partial charge in [-0.05, 0) is 24.8 Å². The second-order valence-electron chi connectivity index (χ2n) is 5.39. The second kappa shape index (κ2) is 7.34. The molecule has 0 amide bonds. The van der Waals surface area contributed by atoms with Gasteiger partial charge in [0.2, 0.25) is 0 Å². The second-order valence-corrected chi connectivity index (χ2v) is 7.15. The van der Waals surface area contributed by atoms with Gasteiger partial charge in [0.15, 0.2) is 0 Å². The molecule has 1 aliphatic heterocycles. The van der Waals surface area contributed by atoms with Crippen LogP contribution in [0.5, 0.6) is 5.75 Å². The molecule has 0 aliphatic carbocycles. The van der Waals surface area contributed by atoms with Crippen LogP contribution < -0.4 is 9.46 Å². The number of para-hydroxylation sites is 1. The lowest BCUT2D eigenvalue weighted by Crippen LogP contribution is -2.44. The topological polar surface area (TPSA) is 58.6 Å². The zero-order chi connectivity index (χ0) is 16.2. The van der Waals surface area contributed by atoms with Gasteiger partial charge in [-0.1, -0.05) is 25.1 Å². The van der Waals surface area contributed by atoms with E-state index in [9.17, 15) is 17.2 Å². The van der Waals surface area contributed by atoms with E-state index in [1.54, 1.807) is 18.2 Å². The van der Waals surface area contributed by atoms with E-state index in [-0.39, 0.29) is 12.3 Å². The Balaban J connectivity index is 2.00. The van der Waals surface area contributed by atoms with Crippen LogP contribution in [-0.4, -0.2) is 32.4 Å². The Kier molecular flexibility index (Phi) is 5.71. The summed E-state index contributed by atoms with van der Waals surface area (Å²) in [4.78, 5) is 0. The number of rotatable bonds is 6. The lowest BCUT2D eigenvalue weighted by atomic mass is 10.0. The number of piperidine rings is 1. The molecule has 1 heterocycles. The van der Waals surface area contributed by atoms with E-state index >= 15 is 0 Å². The molecule has 0 unspecified atom stereocenters. The molecule has 8 heteroatoms. The minimum absolute atomic E-state index is 0.0209. The van der Waals surface area contributed by atoms with Gasteiger partial charge in [-0.3, -0.25) is 0 Å². The van der Waals surface area contributed by atoms with Crippen LogP contribution >= 0.6 is 0 Å². The minimum atomic E-state index is -3.61. The van der Waals surface area contributed by atoms with Crippen molar-refractivity contribution in [3.05, 3.63) is 29.8 Å². The van der Waals surface area contributed by atoms with E-state index in [1.165, 1.54) is 10.4 Å². The molecule has 0 atom stereocenters. The van der Waals surface area contributed by atoms with E-state index < -0.39 is 16.8 Å². The van der Waals surface area contributed by atoms with Crippen molar-refractivity contribution in [3.63, 3.8) is 0 Å². The molecule has 0 aromatic heterocycles. The standard InChI is InChI=1S/C14H20F2N2O3S/c1-11-6-8-18(9-7-11)22(19,20)17-10-12-4-2-3-5-13(12)21-14(15)16/h2-5,11,14,17H,6-10H2,1H3. The molecule has 5 nitrogen and oxygen atoms in total. The Bertz CT molecular complexity index is 588. The zero-order valence-electron chi connectivity index (χ0n) is 12.3. The lowest BCUT2D eigenvalue weighted by molar-refractivity contribution is -0.0504. The SMILES string of the molecule is CC1CCN(S(=O)(=O)NCc2ccccc2OC(F)F)CC1. The fourth-order valence-corrected chi connectivity index (χ4v) is 3.56. The van der Waals surface area contributed by atoms with Gasteiger partial charge >= 0.3 is 6.61 Å². The van der Waals surface area contributed by atoms with Gasteiger partial charge < -0.3 is 4.74 Å². The summed E-state index contributed by atoms with van der Waals surface area (Å²) >= 11 is 0. The van der Waals surface area contributed by atoms with Crippen LogP contribution in [0.15, 0.2) is 24.3 Å². The Morgan fingerprint density at radius 1 is 1.32 bits per heavy atom. The van der Waals surface area contributed by atoms with Crippen molar-refractivity contribution < 1.29 is 21.9 Å². The van der Waals surface area contributed by atoms with E-state index in [0.717, 1.165) is 12.8 Å². The van der Waals surface area contributed by atoms with Gasteiger partial charge in [-0.15, -0.1) is 0 Å². The van der Waals surface area contributed by atoms with Gasteiger partial charge in [-0.25, -0.2) is 0 Å². The van der Waals surface area contributed by atoms with Gasteiger partial charge in [-0.2, -0.15) is 26.2 Å². The average Bonchev–Trinajstić information content (AvgIpc) is 2.46. The first-order chi connectivity index (χ1) is 10.4. The van der Waals surface area contributed by atoms with Crippen molar-refractivity contribution in [2.24, 2.45) is 5.92 Å². The minimum Gasteiger partial charge on any atom is -0.434 e. The molecule has 22 heavy (non-hydrogen) atoms. The van der Waals surface area contributed by atoms with Crippen molar-refractivity contribution in [3.8, 4) is 5.75 Å². The number of nitrogens with zero attached hydrogens (tertiary/aromatic N) is 1. The molecule has 1 aromatic carbocycles. The van der Waals surface area contributed by atoms with Gasteiger partial charge in [0, 0.05) is 25.2 Å². The highest BCUT2D eigenvalue weighted by Gasteiger charge is 2.26. The third-order valence-corrected chi connectivity index (χ3v) is 5.27. The fourth-order valence-electron chi connectivity index (χ4n) is 2.35. The average molecular weight is 334 g/mol. The maximum absolute atomic E-state index is 12.3. The number of hydrogen-bond donors (Lipinski definition) is 1. The van der Waals surface area contributed by atoms with Crippen LogP contribution in [0, 0.1) is 5.92 Å².